The summed E-state index contributed by atoms with van der Waals surface area (Å²) in [5, 5.41) is 20.8. The molecular formula is C40H77N3O4. The topological polar surface area (TPSA) is 116 Å². The fourth-order valence-corrected chi connectivity index (χ4v) is 6.02. The summed E-state index contributed by atoms with van der Waals surface area (Å²) in [6, 6.07) is 0. The number of unbranched alkanes of at least 4 members (excludes halogenated alkanes) is 22. The van der Waals surface area contributed by atoms with Crippen LogP contribution in [0.15, 0.2) is 24.3 Å². The number of nitrogens with one attached hydrogen (secondary N) is 1. The maximum atomic E-state index is 10.5. The Kier molecular flexibility index (Phi) is 37.3. The van der Waals surface area contributed by atoms with Gasteiger partial charge >= 0.3 is 11.9 Å². The van der Waals surface area contributed by atoms with Crippen molar-refractivity contribution in [2.45, 2.75) is 180 Å². The average Bonchev–Trinajstić information content (AvgIpc) is 3.05. The normalized spacial score (nSPS) is 11.9. The number of carboxylic acid groups (broad SMARTS) is 2. The molecule has 7 nitrogen and oxygen atoms in total. The van der Waals surface area contributed by atoms with Crippen LogP contribution in [0, 0.1) is 0 Å². The summed E-state index contributed by atoms with van der Waals surface area (Å²) in [6.07, 6.45) is 41.8. The number of carboxylic acids is 2. The molecule has 0 atom stereocenters. The molecule has 0 saturated heterocycles. The Balaban J connectivity index is 3.69. The van der Waals surface area contributed by atoms with E-state index in [9.17, 15) is 9.59 Å². The number of carbonyl (C=O) groups is 2. The van der Waals surface area contributed by atoms with Crippen LogP contribution in [0.4, 0.5) is 0 Å². The van der Waals surface area contributed by atoms with E-state index in [2.05, 4.69) is 34.5 Å². The van der Waals surface area contributed by atoms with E-state index in [0.29, 0.717) is 19.4 Å². The second-order valence-corrected chi connectivity index (χ2v) is 13.5. The van der Waals surface area contributed by atoms with Gasteiger partial charge in [-0.15, -0.1) is 0 Å². The molecular weight excluding hydrogens is 586 g/mol. The van der Waals surface area contributed by atoms with Crippen LogP contribution in [-0.2, 0) is 9.59 Å². The van der Waals surface area contributed by atoms with Crippen molar-refractivity contribution in [3.05, 3.63) is 24.3 Å². The number of nitrogens with two attached hydrogens (primary N) is 1. The molecule has 0 aromatic heterocycles. The summed E-state index contributed by atoms with van der Waals surface area (Å²) >= 11 is 0. The fourth-order valence-electron chi connectivity index (χ4n) is 6.02. The minimum Gasteiger partial charge on any atom is -0.481 e. The van der Waals surface area contributed by atoms with Gasteiger partial charge in [0.15, 0.2) is 0 Å². The number of hydrogen-bond acceptors (Lipinski definition) is 5. The quantitative estimate of drug-likeness (QED) is 0.0382. The smallest absolute Gasteiger partial charge is 0.303 e. The van der Waals surface area contributed by atoms with Crippen LogP contribution in [0.1, 0.15) is 180 Å². The molecule has 0 fully saturated rings. The molecule has 0 spiro atoms. The molecule has 0 aliphatic heterocycles. The maximum Gasteiger partial charge on any atom is 0.303 e. The van der Waals surface area contributed by atoms with E-state index in [1.165, 1.54) is 129 Å². The third kappa shape index (κ3) is 40.4. The monoisotopic (exact) mass is 664 g/mol. The predicted octanol–water partition coefficient (Wildman–Crippen LogP) is 10.0. The van der Waals surface area contributed by atoms with Gasteiger partial charge in [0.25, 0.3) is 0 Å². The molecule has 0 aliphatic rings. The number of rotatable bonds is 39. The van der Waals surface area contributed by atoms with E-state index in [-0.39, 0.29) is 0 Å². The maximum absolute atomic E-state index is 10.5. The van der Waals surface area contributed by atoms with Gasteiger partial charge in [-0.1, -0.05) is 114 Å². The van der Waals surface area contributed by atoms with E-state index in [0.717, 1.165) is 71.0 Å². The minimum absolute atomic E-state index is 0.316. The van der Waals surface area contributed by atoms with Gasteiger partial charge in [0.05, 0.1) is 0 Å². The minimum atomic E-state index is -0.672. The summed E-state index contributed by atoms with van der Waals surface area (Å²) in [6.45, 7) is 6.24. The lowest BCUT2D eigenvalue weighted by Crippen LogP contribution is -2.35. The van der Waals surface area contributed by atoms with E-state index in [1.807, 2.05) is 0 Å². The third-order valence-electron chi connectivity index (χ3n) is 8.97. The molecule has 0 aromatic carbocycles. The van der Waals surface area contributed by atoms with E-state index in [4.69, 9.17) is 15.9 Å². The summed E-state index contributed by atoms with van der Waals surface area (Å²) in [5.41, 5.74) is 5.65. The summed E-state index contributed by atoms with van der Waals surface area (Å²) < 4.78 is 0. The molecule has 0 aromatic rings. The number of nitrogens with zero attached hydrogens (tertiary/aromatic N) is 1. The van der Waals surface area contributed by atoms with Crippen molar-refractivity contribution in [1.82, 2.24) is 10.2 Å². The Morgan fingerprint density at radius 1 is 0.447 bits per heavy atom. The van der Waals surface area contributed by atoms with Crippen molar-refractivity contribution in [3.8, 4) is 0 Å². The van der Waals surface area contributed by atoms with Crippen LogP contribution in [-0.4, -0.2) is 66.3 Å². The van der Waals surface area contributed by atoms with Crippen LogP contribution in [0.5, 0.6) is 0 Å². The van der Waals surface area contributed by atoms with Crippen molar-refractivity contribution >= 4 is 11.9 Å². The van der Waals surface area contributed by atoms with Gasteiger partial charge in [0.1, 0.15) is 0 Å². The first-order valence-corrected chi connectivity index (χ1v) is 19.9. The number of hydrogen-bond donors (Lipinski definition) is 4. The van der Waals surface area contributed by atoms with Gasteiger partial charge in [-0.3, -0.25) is 9.59 Å². The van der Waals surface area contributed by atoms with Gasteiger partial charge in [-0.25, -0.2) is 0 Å². The highest BCUT2D eigenvalue weighted by atomic mass is 16.4. The second kappa shape index (κ2) is 38.7. The van der Waals surface area contributed by atoms with Crippen LogP contribution in [0.3, 0.4) is 0 Å². The molecule has 0 rings (SSSR count). The van der Waals surface area contributed by atoms with Crippen LogP contribution < -0.4 is 11.1 Å². The first-order chi connectivity index (χ1) is 23.1. The zero-order chi connectivity index (χ0) is 34.3. The predicted molar refractivity (Wildman–Crippen MR) is 201 cm³/mol. The molecule has 276 valence electrons. The Labute approximate surface area is 290 Å². The second-order valence-electron chi connectivity index (χ2n) is 13.5. The largest absolute Gasteiger partial charge is 0.481 e. The highest BCUT2D eigenvalue weighted by Crippen LogP contribution is 2.13. The van der Waals surface area contributed by atoms with Gasteiger partial charge in [-0.05, 0) is 90.1 Å². The van der Waals surface area contributed by atoms with E-state index < -0.39 is 11.9 Å². The molecule has 0 bridgehead atoms. The molecule has 0 saturated carbocycles. The Morgan fingerprint density at radius 2 is 0.766 bits per heavy atom. The first-order valence-electron chi connectivity index (χ1n) is 19.9. The lowest BCUT2D eigenvalue weighted by atomic mass is 10.1. The Hall–Kier alpha value is -1.70. The molecule has 0 heterocycles. The molecule has 5 N–H and O–H groups in total. The van der Waals surface area contributed by atoms with Crippen molar-refractivity contribution in [1.29, 1.82) is 0 Å². The fraction of sp³-hybridized carbons (Fsp3) is 0.850. The summed E-state index contributed by atoms with van der Waals surface area (Å²) in [4.78, 5) is 23.7. The highest BCUT2D eigenvalue weighted by molar-refractivity contribution is 5.66. The zero-order valence-electron chi connectivity index (χ0n) is 30.6. The SMILES string of the molecule is NCCNCCN(CCCCCCCC/C=C\CCCCCCCC(=O)O)CCCCCCCC/C=C\CCCCCCCC(=O)O. The standard InChI is InChI=1S/C40H77N3O4/c41-33-34-42-35-38-43(36-29-25-21-17-13-9-5-1-3-7-11-15-19-23-27-31-39(44)45)37-30-26-22-18-14-10-6-2-4-8-12-16-20-24-28-32-40(46)47/h1-4,42H,5-38,41H2,(H,44,45)(H,46,47)/b3-1-,4-2-. The van der Waals surface area contributed by atoms with Gasteiger partial charge < -0.3 is 26.2 Å². The van der Waals surface area contributed by atoms with E-state index >= 15 is 0 Å². The molecule has 0 radical (unpaired) electrons. The number of aliphatic carboxylic acids is 2. The molecule has 0 amide bonds. The molecule has 47 heavy (non-hydrogen) atoms. The summed E-state index contributed by atoms with van der Waals surface area (Å²) in [7, 11) is 0. The molecule has 7 heteroatoms. The van der Waals surface area contributed by atoms with E-state index in [1.54, 1.807) is 0 Å². The highest BCUT2D eigenvalue weighted by Gasteiger charge is 2.05. The number of allylic oxidation sites excluding steroid dienone is 4. The average molecular weight is 664 g/mol. The Morgan fingerprint density at radius 3 is 1.11 bits per heavy atom. The van der Waals surface area contributed by atoms with Crippen LogP contribution >= 0.6 is 0 Å². The van der Waals surface area contributed by atoms with Crippen molar-refractivity contribution < 1.29 is 19.8 Å². The van der Waals surface area contributed by atoms with Crippen LogP contribution in [0.25, 0.3) is 0 Å². The van der Waals surface area contributed by atoms with Gasteiger partial charge in [-0.2, -0.15) is 0 Å². The molecule has 0 aliphatic carbocycles. The van der Waals surface area contributed by atoms with Crippen LogP contribution in [0.2, 0.25) is 0 Å². The van der Waals surface area contributed by atoms with Gasteiger partial charge in [0, 0.05) is 39.0 Å². The first kappa shape index (κ1) is 45.3. The van der Waals surface area contributed by atoms with Crippen molar-refractivity contribution in [2.75, 3.05) is 39.3 Å². The Bertz CT molecular complexity index is 674. The van der Waals surface area contributed by atoms with Gasteiger partial charge in [0.2, 0.25) is 0 Å². The summed E-state index contributed by atoms with van der Waals surface area (Å²) in [5.74, 6) is -1.34. The lowest BCUT2D eigenvalue weighted by Gasteiger charge is -2.22. The van der Waals surface area contributed by atoms with Crippen molar-refractivity contribution in [3.63, 3.8) is 0 Å². The van der Waals surface area contributed by atoms with Crippen molar-refractivity contribution in [2.24, 2.45) is 5.73 Å². The molecule has 0 unspecified atom stereocenters. The third-order valence-corrected chi connectivity index (χ3v) is 8.97. The zero-order valence-corrected chi connectivity index (χ0v) is 30.6. The lowest BCUT2D eigenvalue weighted by molar-refractivity contribution is -0.138.